The lowest BCUT2D eigenvalue weighted by molar-refractivity contribution is 0.0983. The Morgan fingerprint density at radius 1 is 1.03 bits per heavy atom. The smallest absolute Gasteiger partial charge is 0.260 e. The Morgan fingerprint density at radius 2 is 1.72 bits per heavy atom. The third-order valence-electron chi connectivity index (χ3n) is 5.66. The van der Waals surface area contributed by atoms with E-state index in [-0.39, 0.29) is 18.3 Å². The standard InChI is InChI=1S/C24H29N3O3S.ClH/c1-5-26(6-2)9-10-27(23(28)18-8-7-16(3)13-17(18)4)24-25-19-14-20-21(15-22(19)31-24)30-12-11-29-20;/h7-8,13-15H,5-6,9-12H2,1-4H3;1H. The zero-order valence-corrected chi connectivity index (χ0v) is 20.6. The highest BCUT2D eigenvalue weighted by molar-refractivity contribution is 7.22. The predicted octanol–water partition coefficient (Wildman–Crippen LogP) is 5.09. The summed E-state index contributed by atoms with van der Waals surface area (Å²) >= 11 is 1.52. The molecular weight excluding hydrogens is 446 g/mol. The average molecular weight is 476 g/mol. The van der Waals surface area contributed by atoms with Gasteiger partial charge in [0, 0.05) is 30.8 Å². The first-order valence-corrected chi connectivity index (χ1v) is 11.6. The zero-order valence-electron chi connectivity index (χ0n) is 19.0. The highest BCUT2D eigenvalue weighted by Crippen LogP contribution is 2.39. The molecule has 1 amide bonds. The summed E-state index contributed by atoms with van der Waals surface area (Å²) in [5, 5.41) is 0.703. The number of halogens is 1. The fourth-order valence-corrected chi connectivity index (χ4v) is 4.83. The van der Waals surface area contributed by atoms with Gasteiger partial charge in [0.05, 0.1) is 10.2 Å². The fourth-order valence-electron chi connectivity index (χ4n) is 3.83. The quantitative estimate of drug-likeness (QED) is 0.476. The second kappa shape index (κ2) is 10.5. The lowest BCUT2D eigenvalue weighted by Gasteiger charge is -2.25. The highest BCUT2D eigenvalue weighted by atomic mass is 35.5. The summed E-state index contributed by atoms with van der Waals surface area (Å²) in [4.78, 5) is 22.6. The van der Waals surface area contributed by atoms with Crippen LogP contribution in [0.25, 0.3) is 10.2 Å². The van der Waals surface area contributed by atoms with Crippen LogP contribution in [0.5, 0.6) is 11.5 Å². The monoisotopic (exact) mass is 475 g/mol. The van der Waals surface area contributed by atoms with Crippen molar-refractivity contribution in [3.63, 3.8) is 0 Å². The summed E-state index contributed by atoms with van der Waals surface area (Å²) in [7, 11) is 0. The number of ether oxygens (including phenoxy) is 2. The number of likely N-dealkylation sites (N-methyl/N-ethyl adjacent to an activating group) is 1. The van der Waals surface area contributed by atoms with Gasteiger partial charge in [-0.15, -0.1) is 12.4 Å². The number of hydrogen-bond donors (Lipinski definition) is 0. The molecule has 0 atom stereocenters. The third kappa shape index (κ3) is 5.00. The minimum Gasteiger partial charge on any atom is -0.486 e. The van der Waals surface area contributed by atoms with Gasteiger partial charge in [0.15, 0.2) is 16.6 Å². The van der Waals surface area contributed by atoms with Crippen molar-refractivity contribution in [1.82, 2.24) is 9.88 Å². The molecule has 0 saturated heterocycles. The molecule has 1 aliphatic heterocycles. The van der Waals surface area contributed by atoms with Gasteiger partial charge in [0.2, 0.25) is 0 Å². The Morgan fingerprint density at radius 3 is 2.38 bits per heavy atom. The van der Waals surface area contributed by atoms with E-state index in [2.05, 4.69) is 24.8 Å². The van der Waals surface area contributed by atoms with E-state index in [1.165, 1.54) is 11.3 Å². The molecule has 2 heterocycles. The normalized spacial score (nSPS) is 12.7. The van der Waals surface area contributed by atoms with E-state index < -0.39 is 0 Å². The minimum absolute atomic E-state index is 0. The van der Waals surface area contributed by atoms with E-state index in [0.29, 0.717) is 30.6 Å². The number of nitrogens with zero attached hydrogens (tertiary/aromatic N) is 3. The van der Waals surface area contributed by atoms with E-state index in [9.17, 15) is 4.79 Å². The Hall–Kier alpha value is -2.35. The number of amides is 1. The van der Waals surface area contributed by atoms with Crippen molar-refractivity contribution in [1.29, 1.82) is 0 Å². The first kappa shape index (κ1) is 24.3. The van der Waals surface area contributed by atoms with Crippen LogP contribution in [0.2, 0.25) is 0 Å². The number of carbonyl (C=O) groups is 1. The number of rotatable bonds is 7. The molecule has 0 unspecified atom stereocenters. The Labute approximate surface area is 199 Å². The number of benzene rings is 2. The maximum atomic E-state index is 13.6. The molecule has 0 saturated carbocycles. The third-order valence-corrected chi connectivity index (χ3v) is 6.70. The lowest BCUT2D eigenvalue weighted by Crippen LogP contribution is -2.39. The van der Waals surface area contributed by atoms with Crippen LogP contribution < -0.4 is 14.4 Å². The number of thiazole rings is 1. The molecule has 0 spiro atoms. The van der Waals surface area contributed by atoms with Crippen molar-refractivity contribution in [3.05, 3.63) is 47.0 Å². The lowest BCUT2D eigenvalue weighted by atomic mass is 10.0. The summed E-state index contributed by atoms with van der Waals surface area (Å²) < 4.78 is 12.4. The van der Waals surface area contributed by atoms with E-state index >= 15 is 0 Å². The summed E-state index contributed by atoms with van der Waals surface area (Å²) in [5.41, 5.74) is 3.67. The molecule has 0 bridgehead atoms. The molecule has 2 aromatic carbocycles. The Balaban J connectivity index is 0.00000289. The Bertz CT molecular complexity index is 1050. The van der Waals surface area contributed by atoms with Gasteiger partial charge in [-0.05, 0) is 38.6 Å². The van der Waals surface area contributed by atoms with Gasteiger partial charge in [0.1, 0.15) is 13.2 Å². The maximum absolute atomic E-state index is 13.6. The molecule has 4 rings (SSSR count). The molecule has 0 aliphatic carbocycles. The van der Waals surface area contributed by atoms with Crippen molar-refractivity contribution in [2.24, 2.45) is 0 Å². The van der Waals surface area contributed by atoms with Crippen LogP contribution in [-0.2, 0) is 0 Å². The van der Waals surface area contributed by atoms with Crippen molar-refractivity contribution in [3.8, 4) is 11.5 Å². The van der Waals surface area contributed by atoms with Crippen molar-refractivity contribution in [2.45, 2.75) is 27.7 Å². The zero-order chi connectivity index (χ0) is 22.0. The van der Waals surface area contributed by atoms with Crippen LogP contribution in [0.15, 0.2) is 30.3 Å². The first-order valence-electron chi connectivity index (χ1n) is 10.8. The minimum atomic E-state index is -0.0130. The van der Waals surface area contributed by atoms with E-state index in [1.54, 1.807) is 0 Å². The molecule has 0 fully saturated rings. The predicted molar refractivity (Wildman–Crippen MR) is 133 cm³/mol. The van der Waals surface area contributed by atoms with Gasteiger partial charge in [-0.3, -0.25) is 9.69 Å². The van der Waals surface area contributed by atoms with Gasteiger partial charge >= 0.3 is 0 Å². The molecule has 0 radical (unpaired) electrons. The van der Waals surface area contributed by atoms with Crippen molar-refractivity contribution >= 4 is 45.0 Å². The van der Waals surface area contributed by atoms with Crippen LogP contribution in [0, 0.1) is 13.8 Å². The number of aromatic nitrogens is 1. The van der Waals surface area contributed by atoms with Crippen molar-refractivity contribution in [2.75, 3.05) is 44.3 Å². The molecule has 1 aromatic heterocycles. The number of anilines is 1. The SMILES string of the molecule is CCN(CC)CCN(C(=O)c1ccc(C)cc1C)c1nc2cc3c(cc2s1)OCCO3.Cl. The molecular formula is C24H30ClN3O3S. The average Bonchev–Trinajstić information content (AvgIpc) is 3.17. The van der Waals surface area contributed by atoms with E-state index in [0.717, 1.165) is 52.3 Å². The summed E-state index contributed by atoms with van der Waals surface area (Å²) in [5.74, 6) is 1.44. The molecule has 1 aliphatic rings. The number of aryl methyl sites for hydroxylation is 2. The molecule has 6 nitrogen and oxygen atoms in total. The fraction of sp³-hybridized carbons (Fsp3) is 0.417. The molecule has 3 aromatic rings. The Kier molecular flexibility index (Phi) is 7.98. The topological polar surface area (TPSA) is 54.9 Å². The van der Waals surface area contributed by atoms with Crippen LogP contribution in [0.1, 0.15) is 35.3 Å². The second-order valence-electron chi connectivity index (χ2n) is 7.76. The van der Waals surface area contributed by atoms with Crippen molar-refractivity contribution < 1.29 is 14.3 Å². The maximum Gasteiger partial charge on any atom is 0.260 e. The van der Waals surface area contributed by atoms with Gasteiger partial charge in [-0.2, -0.15) is 0 Å². The second-order valence-corrected chi connectivity index (χ2v) is 8.77. The molecule has 0 N–H and O–H groups in total. The van der Waals surface area contributed by atoms with Crippen LogP contribution in [0.4, 0.5) is 5.13 Å². The van der Waals surface area contributed by atoms with Gasteiger partial charge < -0.3 is 14.4 Å². The molecule has 172 valence electrons. The van der Waals surface area contributed by atoms with Crippen LogP contribution >= 0.6 is 23.7 Å². The molecule has 32 heavy (non-hydrogen) atoms. The van der Waals surface area contributed by atoms with E-state index in [4.69, 9.17) is 14.5 Å². The summed E-state index contributed by atoms with van der Waals surface area (Å²) in [6.07, 6.45) is 0. The van der Waals surface area contributed by atoms with Crippen LogP contribution in [-0.4, -0.2) is 55.2 Å². The molecule has 8 heteroatoms. The summed E-state index contributed by atoms with van der Waals surface area (Å²) in [6, 6.07) is 9.84. The number of carbonyl (C=O) groups excluding carboxylic acids is 1. The highest BCUT2D eigenvalue weighted by Gasteiger charge is 2.24. The largest absolute Gasteiger partial charge is 0.486 e. The summed E-state index contributed by atoms with van der Waals surface area (Å²) in [6.45, 7) is 12.7. The van der Waals surface area contributed by atoms with Gasteiger partial charge in [-0.25, -0.2) is 4.98 Å². The van der Waals surface area contributed by atoms with Crippen LogP contribution in [0.3, 0.4) is 0 Å². The number of fused-ring (bicyclic) bond motifs is 2. The van der Waals surface area contributed by atoms with Gasteiger partial charge in [-0.1, -0.05) is 42.9 Å². The van der Waals surface area contributed by atoms with Gasteiger partial charge in [0.25, 0.3) is 5.91 Å². The first-order chi connectivity index (χ1) is 15.0. The number of hydrogen-bond acceptors (Lipinski definition) is 6. The van der Waals surface area contributed by atoms with E-state index in [1.807, 2.05) is 43.0 Å².